The number of hydrogen-bond donors (Lipinski definition) is 1. The number of nitrogens with one attached hydrogen (secondary N) is 1. The van der Waals surface area contributed by atoms with E-state index in [2.05, 4.69) is 5.32 Å². The minimum absolute atomic E-state index is 0.0727. The molecule has 1 N–H and O–H groups in total. The van der Waals surface area contributed by atoms with E-state index in [0.717, 1.165) is 11.3 Å². The van der Waals surface area contributed by atoms with Gasteiger partial charge in [-0.05, 0) is 62.7 Å². The fourth-order valence-electron chi connectivity index (χ4n) is 2.87. The second-order valence-corrected chi connectivity index (χ2v) is 6.15. The molecule has 0 saturated carbocycles. The zero-order chi connectivity index (χ0) is 18.7. The zero-order valence-electron chi connectivity index (χ0n) is 15.1. The van der Waals surface area contributed by atoms with Crippen LogP contribution >= 0.6 is 0 Å². The van der Waals surface area contributed by atoms with Crippen LogP contribution < -0.4 is 19.7 Å². The Bertz CT molecular complexity index is 817. The van der Waals surface area contributed by atoms with E-state index in [-0.39, 0.29) is 18.4 Å². The molecule has 2 aromatic carbocycles. The molecule has 0 bridgehead atoms. The van der Waals surface area contributed by atoms with Gasteiger partial charge in [-0.15, -0.1) is 0 Å². The smallest absolute Gasteiger partial charge is 0.265 e. The molecule has 2 aromatic rings. The molecule has 1 heterocycles. The molecule has 1 aliphatic heterocycles. The van der Waals surface area contributed by atoms with E-state index in [0.29, 0.717) is 23.7 Å². The van der Waals surface area contributed by atoms with Crippen molar-refractivity contribution in [1.29, 1.82) is 0 Å². The molecule has 3 rings (SSSR count). The first-order valence-corrected chi connectivity index (χ1v) is 8.59. The van der Waals surface area contributed by atoms with E-state index in [9.17, 15) is 9.59 Å². The third-order valence-electron chi connectivity index (χ3n) is 4.19. The van der Waals surface area contributed by atoms with Crippen molar-refractivity contribution in [3.05, 3.63) is 48.0 Å². The first-order chi connectivity index (χ1) is 12.5. The van der Waals surface area contributed by atoms with Gasteiger partial charge in [0.05, 0.1) is 12.3 Å². The predicted octanol–water partition coefficient (Wildman–Crippen LogP) is 3.15. The number of amides is 2. The third-order valence-corrected chi connectivity index (χ3v) is 4.19. The standard InChI is InChI=1S/C20H22N2O4/c1-4-25-16-8-6-15(7-9-16)21-20(24)14(3)22-17-11-13(2)5-10-18(17)26-12-19(22)23/h5-11,14H,4,12H2,1-3H3,(H,21,24). The fraction of sp³-hybridized carbons (Fsp3) is 0.300. The molecular formula is C20H22N2O4. The van der Waals surface area contributed by atoms with Gasteiger partial charge in [0.1, 0.15) is 17.5 Å². The summed E-state index contributed by atoms with van der Waals surface area (Å²) >= 11 is 0. The van der Waals surface area contributed by atoms with Gasteiger partial charge in [-0.3, -0.25) is 14.5 Å². The Hall–Kier alpha value is -3.02. The summed E-state index contributed by atoms with van der Waals surface area (Å²) in [6.45, 7) is 6.06. The van der Waals surface area contributed by atoms with Crippen molar-refractivity contribution in [3.8, 4) is 11.5 Å². The highest BCUT2D eigenvalue weighted by molar-refractivity contribution is 6.06. The van der Waals surface area contributed by atoms with Crippen molar-refractivity contribution >= 4 is 23.2 Å². The van der Waals surface area contributed by atoms with E-state index in [1.165, 1.54) is 4.90 Å². The van der Waals surface area contributed by atoms with Gasteiger partial charge in [0, 0.05) is 5.69 Å². The van der Waals surface area contributed by atoms with Crippen molar-refractivity contribution in [2.24, 2.45) is 0 Å². The molecule has 0 radical (unpaired) electrons. The lowest BCUT2D eigenvalue weighted by atomic mass is 10.1. The number of carbonyl (C=O) groups excluding carboxylic acids is 2. The largest absolute Gasteiger partial charge is 0.494 e. The molecule has 0 spiro atoms. The minimum Gasteiger partial charge on any atom is -0.494 e. The summed E-state index contributed by atoms with van der Waals surface area (Å²) in [5.74, 6) is 0.844. The average Bonchev–Trinajstić information content (AvgIpc) is 2.63. The summed E-state index contributed by atoms with van der Waals surface area (Å²) in [5, 5.41) is 2.85. The molecule has 0 fully saturated rings. The van der Waals surface area contributed by atoms with Gasteiger partial charge in [-0.1, -0.05) is 6.07 Å². The molecule has 0 saturated heterocycles. The van der Waals surface area contributed by atoms with Crippen molar-refractivity contribution in [2.75, 3.05) is 23.4 Å². The molecule has 6 nitrogen and oxygen atoms in total. The maximum Gasteiger partial charge on any atom is 0.265 e. The van der Waals surface area contributed by atoms with Gasteiger partial charge in [-0.2, -0.15) is 0 Å². The van der Waals surface area contributed by atoms with Crippen LogP contribution in [0.15, 0.2) is 42.5 Å². The molecule has 0 aromatic heterocycles. The third kappa shape index (κ3) is 3.64. The molecule has 136 valence electrons. The Labute approximate surface area is 152 Å². The maximum atomic E-state index is 12.7. The second kappa shape index (κ2) is 7.47. The van der Waals surface area contributed by atoms with Gasteiger partial charge in [0.15, 0.2) is 6.61 Å². The lowest BCUT2D eigenvalue weighted by Gasteiger charge is -2.33. The number of anilines is 2. The first kappa shape index (κ1) is 17.8. The number of rotatable bonds is 5. The van der Waals surface area contributed by atoms with Crippen molar-refractivity contribution in [2.45, 2.75) is 26.8 Å². The van der Waals surface area contributed by atoms with E-state index in [4.69, 9.17) is 9.47 Å². The van der Waals surface area contributed by atoms with Gasteiger partial charge < -0.3 is 14.8 Å². The highest BCUT2D eigenvalue weighted by Crippen LogP contribution is 2.34. The molecule has 1 unspecified atom stereocenters. The van der Waals surface area contributed by atoms with E-state index in [1.807, 2.05) is 32.0 Å². The minimum atomic E-state index is -0.668. The van der Waals surface area contributed by atoms with Crippen LogP contribution in [0.2, 0.25) is 0 Å². The van der Waals surface area contributed by atoms with E-state index in [1.54, 1.807) is 31.2 Å². The van der Waals surface area contributed by atoms with Gasteiger partial charge in [-0.25, -0.2) is 0 Å². The highest BCUT2D eigenvalue weighted by Gasteiger charge is 2.33. The molecular weight excluding hydrogens is 332 g/mol. The average molecular weight is 354 g/mol. The fourth-order valence-corrected chi connectivity index (χ4v) is 2.87. The van der Waals surface area contributed by atoms with Crippen LogP contribution in [0.5, 0.6) is 11.5 Å². The summed E-state index contributed by atoms with van der Waals surface area (Å²) in [6.07, 6.45) is 0. The summed E-state index contributed by atoms with van der Waals surface area (Å²) in [4.78, 5) is 26.6. The van der Waals surface area contributed by atoms with Crippen molar-refractivity contribution in [1.82, 2.24) is 0 Å². The summed E-state index contributed by atoms with van der Waals surface area (Å²) in [5.41, 5.74) is 2.26. The second-order valence-electron chi connectivity index (χ2n) is 6.15. The van der Waals surface area contributed by atoms with Crippen LogP contribution in [-0.2, 0) is 9.59 Å². The number of fused-ring (bicyclic) bond motifs is 1. The van der Waals surface area contributed by atoms with Crippen LogP contribution in [0.4, 0.5) is 11.4 Å². The first-order valence-electron chi connectivity index (χ1n) is 8.59. The quantitative estimate of drug-likeness (QED) is 0.896. The lowest BCUT2D eigenvalue weighted by Crippen LogP contribution is -2.49. The lowest BCUT2D eigenvalue weighted by molar-refractivity contribution is -0.125. The van der Waals surface area contributed by atoms with Crippen LogP contribution in [0, 0.1) is 6.92 Å². The summed E-state index contributed by atoms with van der Waals surface area (Å²) in [7, 11) is 0. The number of benzene rings is 2. The summed E-state index contributed by atoms with van der Waals surface area (Å²) in [6, 6.07) is 12.1. The van der Waals surface area contributed by atoms with Crippen LogP contribution in [0.3, 0.4) is 0 Å². The van der Waals surface area contributed by atoms with Crippen LogP contribution in [0.1, 0.15) is 19.4 Å². The molecule has 1 aliphatic rings. The van der Waals surface area contributed by atoms with E-state index < -0.39 is 6.04 Å². The number of ether oxygens (including phenoxy) is 2. The molecule has 1 atom stereocenters. The Morgan fingerprint density at radius 3 is 2.69 bits per heavy atom. The SMILES string of the molecule is CCOc1ccc(NC(=O)C(C)N2C(=O)COc3ccc(C)cc32)cc1. The van der Waals surface area contributed by atoms with Gasteiger partial charge >= 0.3 is 0 Å². The van der Waals surface area contributed by atoms with E-state index >= 15 is 0 Å². The highest BCUT2D eigenvalue weighted by atomic mass is 16.5. The Balaban J connectivity index is 1.78. The number of nitrogens with zero attached hydrogens (tertiary/aromatic N) is 1. The van der Waals surface area contributed by atoms with Crippen LogP contribution in [-0.4, -0.2) is 31.1 Å². The van der Waals surface area contributed by atoms with Gasteiger partial charge in [0.25, 0.3) is 5.91 Å². The molecule has 6 heteroatoms. The van der Waals surface area contributed by atoms with Gasteiger partial charge in [0.2, 0.25) is 5.91 Å². The molecule has 26 heavy (non-hydrogen) atoms. The predicted molar refractivity (Wildman–Crippen MR) is 99.9 cm³/mol. The zero-order valence-corrected chi connectivity index (χ0v) is 15.1. The Morgan fingerprint density at radius 2 is 2.00 bits per heavy atom. The summed E-state index contributed by atoms with van der Waals surface area (Å²) < 4.78 is 10.9. The number of aryl methyl sites for hydroxylation is 1. The van der Waals surface area contributed by atoms with Crippen LogP contribution in [0.25, 0.3) is 0 Å². The molecule has 0 aliphatic carbocycles. The number of carbonyl (C=O) groups is 2. The monoisotopic (exact) mass is 354 g/mol. The normalized spacial score (nSPS) is 14.3. The molecule has 2 amide bonds. The Morgan fingerprint density at radius 1 is 1.27 bits per heavy atom. The van der Waals surface area contributed by atoms with Crippen molar-refractivity contribution in [3.63, 3.8) is 0 Å². The van der Waals surface area contributed by atoms with Crippen molar-refractivity contribution < 1.29 is 19.1 Å². The topological polar surface area (TPSA) is 67.9 Å². The Kier molecular flexibility index (Phi) is 5.11. The maximum absolute atomic E-state index is 12.7. The number of hydrogen-bond acceptors (Lipinski definition) is 4.